The van der Waals surface area contributed by atoms with Crippen molar-refractivity contribution in [3.05, 3.63) is 23.8 Å². The van der Waals surface area contributed by atoms with Crippen LogP contribution in [0.25, 0.3) is 0 Å². The fourth-order valence-electron chi connectivity index (χ4n) is 1.57. The number of rotatable bonds is 8. The van der Waals surface area contributed by atoms with E-state index in [0.29, 0.717) is 13.2 Å². The van der Waals surface area contributed by atoms with Crippen LogP contribution in [0.5, 0.6) is 11.5 Å². The highest BCUT2D eigenvalue weighted by atomic mass is 19.4. The van der Waals surface area contributed by atoms with Crippen LogP contribution in [0.1, 0.15) is 19.4 Å². The maximum absolute atomic E-state index is 12.2. The molecule has 1 rings (SSSR count). The Balaban J connectivity index is 2.76. The van der Waals surface area contributed by atoms with Gasteiger partial charge in [-0.05, 0) is 31.5 Å². The van der Waals surface area contributed by atoms with E-state index in [4.69, 9.17) is 14.6 Å². The molecule has 4 nitrogen and oxygen atoms in total. The molecule has 0 fully saturated rings. The van der Waals surface area contributed by atoms with E-state index in [9.17, 15) is 13.2 Å². The summed E-state index contributed by atoms with van der Waals surface area (Å²) >= 11 is 0. The molecule has 0 radical (unpaired) electrons. The Morgan fingerprint density at radius 2 is 1.95 bits per heavy atom. The SMILES string of the molecule is CCOc1cc(CN[C@H](C)CO)ccc1OCC(F)(F)F. The number of halogens is 3. The Morgan fingerprint density at radius 3 is 2.52 bits per heavy atom. The largest absolute Gasteiger partial charge is 0.490 e. The van der Waals surface area contributed by atoms with E-state index in [1.165, 1.54) is 6.07 Å². The van der Waals surface area contributed by atoms with Crippen molar-refractivity contribution < 1.29 is 27.8 Å². The third kappa shape index (κ3) is 6.68. The molecule has 0 aliphatic rings. The molecule has 21 heavy (non-hydrogen) atoms. The Bertz CT molecular complexity index is 438. The van der Waals surface area contributed by atoms with Gasteiger partial charge >= 0.3 is 6.18 Å². The second-order valence-corrected chi connectivity index (χ2v) is 4.58. The molecule has 1 aromatic rings. The van der Waals surface area contributed by atoms with Crippen LogP contribution in [-0.2, 0) is 6.54 Å². The van der Waals surface area contributed by atoms with Crippen LogP contribution in [0.4, 0.5) is 13.2 Å². The molecule has 0 unspecified atom stereocenters. The van der Waals surface area contributed by atoms with Crippen LogP contribution in [-0.4, -0.2) is 37.1 Å². The lowest BCUT2D eigenvalue weighted by Gasteiger charge is -2.15. The molecular formula is C14H20F3NO3. The maximum Gasteiger partial charge on any atom is 0.422 e. The first-order chi connectivity index (χ1) is 9.85. The second-order valence-electron chi connectivity index (χ2n) is 4.58. The van der Waals surface area contributed by atoms with Crippen LogP contribution in [0.3, 0.4) is 0 Å². The van der Waals surface area contributed by atoms with Gasteiger partial charge in [0.25, 0.3) is 0 Å². The molecule has 7 heteroatoms. The summed E-state index contributed by atoms with van der Waals surface area (Å²) in [6, 6.07) is 4.68. The molecule has 120 valence electrons. The van der Waals surface area contributed by atoms with E-state index in [2.05, 4.69) is 5.32 Å². The summed E-state index contributed by atoms with van der Waals surface area (Å²) in [5.41, 5.74) is 0.832. The van der Waals surface area contributed by atoms with Gasteiger partial charge in [-0.1, -0.05) is 6.07 Å². The fourth-order valence-corrected chi connectivity index (χ4v) is 1.57. The van der Waals surface area contributed by atoms with E-state index in [0.717, 1.165) is 5.56 Å². The van der Waals surface area contributed by atoms with Gasteiger partial charge in [-0.25, -0.2) is 0 Å². The van der Waals surface area contributed by atoms with Crippen LogP contribution in [0, 0.1) is 0 Å². The first-order valence-corrected chi connectivity index (χ1v) is 6.65. The minimum atomic E-state index is -4.39. The molecule has 1 atom stereocenters. The summed E-state index contributed by atoms with van der Waals surface area (Å²) in [4.78, 5) is 0. The standard InChI is InChI=1S/C14H20F3NO3/c1-3-20-13-6-11(7-18-10(2)8-19)4-5-12(13)21-9-14(15,16)17/h4-6,10,18-19H,3,7-9H2,1-2H3/t10-/m1/s1. The number of hydrogen-bond donors (Lipinski definition) is 2. The van der Waals surface area contributed by atoms with Gasteiger partial charge in [0.1, 0.15) is 0 Å². The van der Waals surface area contributed by atoms with E-state index in [1.54, 1.807) is 19.1 Å². The van der Waals surface area contributed by atoms with E-state index < -0.39 is 12.8 Å². The zero-order chi connectivity index (χ0) is 15.9. The maximum atomic E-state index is 12.2. The predicted molar refractivity (Wildman–Crippen MR) is 72.5 cm³/mol. The number of aliphatic hydroxyl groups is 1. The predicted octanol–water partition coefficient (Wildman–Crippen LogP) is 2.50. The van der Waals surface area contributed by atoms with Gasteiger partial charge in [0.05, 0.1) is 13.2 Å². The van der Waals surface area contributed by atoms with Gasteiger partial charge in [-0.15, -0.1) is 0 Å². The third-order valence-corrected chi connectivity index (χ3v) is 2.63. The van der Waals surface area contributed by atoms with Crippen molar-refractivity contribution in [1.82, 2.24) is 5.32 Å². The molecule has 0 saturated carbocycles. The average molecular weight is 307 g/mol. The van der Waals surface area contributed by atoms with Crippen molar-refractivity contribution in [2.75, 3.05) is 19.8 Å². The summed E-state index contributed by atoms with van der Waals surface area (Å²) in [6.45, 7) is 3.02. The highest BCUT2D eigenvalue weighted by Crippen LogP contribution is 2.30. The summed E-state index contributed by atoms with van der Waals surface area (Å²) in [7, 11) is 0. The molecule has 0 aliphatic heterocycles. The highest BCUT2D eigenvalue weighted by molar-refractivity contribution is 5.43. The summed E-state index contributed by atoms with van der Waals surface area (Å²) < 4.78 is 46.6. The van der Waals surface area contributed by atoms with E-state index >= 15 is 0 Å². The number of alkyl halides is 3. The van der Waals surface area contributed by atoms with E-state index in [-0.39, 0.29) is 24.1 Å². The quantitative estimate of drug-likeness (QED) is 0.775. The zero-order valence-corrected chi connectivity index (χ0v) is 12.0. The molecular weight excluding hydrogens is 287 g/mol. The Hall–Kier alpha value is -1.47. The monoisotopic (exact) mass is 307 g/mol. The van der Waals surface area contributed by atoms with Gasteiger partial charge in [0, 0.05) is 12.6 Å². The lowest BCUT2D eigenvalue weighted by atomic mass is 10.2. The Morgan fingerprint density at radius 1 is 1.24 bits per heavy atom. The molecule has 2 N–H and O–H groups in total. The molecule has 0 amide bonds. The number of hydrogen-bond acceptors (Lipinski definition) is 4. The van der Waals surface area contributed by atoms with Crippen molar-refractivity contribution >= 4 is 0 Å². The van der Waals surface area contributed by atoms with E-state index in [1.807, 2.05) is 6.92 Å². The summed E-state index contributed by atoms with van der Waals surface area (Å²) in [5.74, 6) is 0.339. The molecule has 0 aromatic heterocycles. The molecule has 0 spiro atoms. The molecule has 1 aromatic carbocycles. The van der Waals surface area contributed by atoms with Crippen molar-refractivity contribution in [1.29, 1.82) is 0 Å². The lowest BCUT2D eigenvalue weighted by molar-refractivity contribution is -0.153. The van der Waals surface area contributed by atoms with Gasteiger partial charge in [-0.2, -0.15) is 13.2 Å². The Kier molecular flexibility index (Phi) is 6.77. The fraction of sp³-hybridized carbons (Fsp3) is 0.571. The van der Waals surface area contributed by atoms with Crippen molar-refractivity contribution in [2.45, 2.75) is 32.6 Å². The molecule has 0 bridgehead atoms. The van der Waals surface area contributed by atoms with Gasteiger partial charge in [-0.3, -0.25) is 0 Å². The van der Waals surface area contributed by atoms with Crippen molar-refractivity contribution in [3.8, 4) is 11.5 Å². The minimum absolute atomic E-state index is 0.00505. The third-order valence-electron chi connectivity index (χ3n) is 2.63. The van der Waals surface area contributed by atoms with Crippen LogP contribution < -0.4 is 14.8 Å². The lowest BCUT2D eigenvalue weighted by Crippen LogP contribution is -2.28. The number of ether oxygens (including phenoxy) is 2. The van der Waals surface area contributed by atoms with Crippen LogP contribution >= 0.6 is 0 Å². The van der Waals surface area contributed by atoms with Crippen molar-refractivity contribution in [2.24, 2.45) is 0 Å². The van der Waals surface area contributed by atoms with Crippen LogP contribution in [0.2, 0.25) is 0 Å². The smallest absolute Gasteiger partial charge is 0.422 e. The number of nitrogens with one attached hydrogen (secondary N) is 1. The summed E-state index contributed by atoms with van der Waals surface area (Å²) in [6.07, 6.45) is -4.39. The zero-order valence-electron chi connectivity index (χ0n) is 12.0. The number of aliphatic hydroxyl groups excluding tert-OH is 1. The van der Waals surface area contributed by atoms with Gasteiger partial charge < -0.3 is 19.9 Å². The topological polar surface area (TPSA) is 50.7 Å². The average Bonchev–Trinajstić information content (AvgIpc) is 2.43. The number of benzene rings is 1. The Labute approximate surface area is 121 Å². The van der Waals surface area contributed by atoms with Crippen molar-refractivity contribution in [3.63, 3.8) is 0 Å². The van der Waals surface area contributed by atoms with Gasteiger partial charge in [0.2, 0.25) is 0 Å². The van der Waals surface area contributed by atoms with Gasteiger partial charge in [0.15, 0.2) is 18.1 Å². The molecule has 0 heterocycles. The highest BCUT2D eigenvalue weighted by Gasteiger charge is 2.29. The normalized spacial score (nSPS) is 13.0. The molecule has 0 aliphatic carbocycles. The summed E-state index contributed by atoms with van der Waals surface area (Å²) in [5, 5.41) is 12.0. The molecule has 0 saturated heterocycles. The minimum Gasteiger partial charge on any atom is -0.490 e. The first-order valence-electron chi connectivity index (χ1n) is 6.65. The first kappa shape index (κ1) is 17.6. The second kappa shape index (κ2) is 8.09. The van der Waals surface area contributed by atoms with Crippen LogP contribution in [0.15, 0.2) is 18.2 Å².